The lowest BCUT2D eigenvalue weighted by molar-refractivity contribution is 0.0783. The topological polar surface area (TPSA) is 73.7 Å². The minimum Gasteiger partial charge on any atom is -0.493 e. The van der Waals surface area contributed by atoms with Crippen LogP contribution in [0.4, 0.5) is 0 Å². The Morgan fingerprint density at radius 2 is 1.65 bits per heavy atom. The van der Waals surface area contributed by atoms with Gasteiger partial charge in [0.25, 0.3) is 0 Å². The molecule has 31 heavy (non-hydrogen) atoms. The number of ether oxygens (including phenoxy) is 3. The van der Waals surface area contributed by atoms with Crippen LogP contribution in [0.1, 0.15) is 42.5 Å². The van der Waals surface area contributed by atoms with Crippen LogP contribution in [-0.2, 0) is 12.0 Å². The fourth-order valence-corrected chi connectivity index (χ4v) is 4.18. The number of rotatable bonds is 8. The first-order valence-corrected chi connectivity index (χ1v) is 10.6. The molecule has 162 valence electrons. The molecular weight excluding hydrogens is 392 g/mol. The predicted octanol–water partition coefficient (Wildman–Crippen LogP) is 4.29. The Morgan fingerprint density at radius 1 is 0.903 bits per heavy atom. The normalized spacial score (nSPS) is 16.0. The summed E-state index contributed by atoms with van der Waals surface area (Å²) in [6.45, 7) is 0. The predicted molar refractivity (Wildman–Crippen MR) is 118 cm³/mol. The van der Waals surface area contributed by atoms with E-state index in [9.17, 15) is 5.11 Å². The van der Waals surface area contributed by atoms with E-state index in [-0.39, 0.29) is 12.5 Å². The minimum atomic E-state index is -1.36. The van der Waals surface area contributed by atoms with Gasteiger partial charge in [-0.2, -0.15) is 0 Å². The molecular formula is C25H28N2O4. The van der Waals surface area contributed by atoms with Gasteiger partial charge in [0.15, 0.2) is 11.5 Å². The summed E-state index contributed by atoms with van der Waals surface area (Å²) in [6, 6.07) is 15.2. The van der Waals surface area contributed by atoms with Crippen molar-refractivity contribution in [3.05, 3.63) is 77.7 Å². The van der Waals surface area contributed by atoms with Gasteiger partial charge < -0.3 is 19.3 Å². The van der Waals surface area contributed by atoms with Gasteiger partial charge in [-0.15, -0.1) is 0 Å². The van der Waals surface area contributed by atoms with Crippen molar-refractivity contribution in [3.8, 4) is 17.4 Å². The summed E-state index contributed by atoms with van der Waals surface area (Å²) in [6.07, 6.45) is 7.97. The summed E-state index contributed by atoms with van der Waals surface area (Å²) >= 11 is 0. The van der Waals surface area contributed by atoms with Crippen LogP contribution in [0.2, 0.25) is 0 Å². The average molecular weight is 421 g/mol. The molecule has 6 heteroatoms. The number of benzene rings is 2. The highest BCUT2D eigenvalue weighted by molar-refractivity contribution is 5.48. The van der Waals surface area contributed by atoms with Crippen LogP contribution in [0.5, 0.6) is 17.4 Å². The van der Waals surface area contributed by atoms with E-state index in [4.69, 9.17) is 14.2 Å². The summed E-state index contributed by atoms with van der Waals surface area (Å²) in [4.78, 5) is 8.66. The smallest absolute Gasteiger partial charge is 0.235 e. The number of methoxy groups -OCH3 is 2. The number of aromatic nitrogens is 2. The number of nitrogens with zero attached hydrogens (tertiary/aromatic N) is 2. The number of hydrogen-bond donors (Lipinski definition) is 1. The van der Waals surface area contributed by atoms with E-state index in [0.717, 1.165) is 18.4 Å². The van der Waals surface area contributed by atoms with Gasteiger partial charge in [-0.05, 0) is 48.9 Å². The first-order valence-electron chi connectivity index (χ1n) is 10.6. The molecule has 0 saturated heterocycles. The Hall–Kier alpha value is -3.12. The molecule has 1 aromatic heterocycles. The highest BCUT2D eigenvalue weighted by Crippen LogP contribution is 2.40. The maximum Gasteiger partial charge on any atom is 0.235 e. The van der Waals surface area contributed by atoms with Crippen molar-refractivity contribution in [1.82, 2.24) is 9.97 Å². The van der Waals surface area contributed by atoms with E-state index in [2.05, 4.69) is 9.97 Å². The second-order valence-electron chi connectivity index (χ2n) is 7.81. The van der Waals surface area contributed by atoms with Crippen LogP contribution in [0, 0.1) is 0 Å². The quantitative estimate of drug-likeness (QED) is 0.586. The lowest BCUT2D eigenvalue weighted by atomic mass is 9.82. The molecule has 1 heterocycles. The van der Waals surface area contributed by atoms with Crippen LogP contribution >= 0.6 is 0 Å². The molecule has 2 aromatic carbocycles. The van der Waals surface area contributed by atoms with Crippen molar-refractivity contribution in [1.29, 1.82) is 0 Å². The Labute approximate surface area is 182 Å². The fraction of sp³-hybridized carbons (Fsp3) is 0.360. The lowest BCUT2D eigenvalue weighted by Gasteiger charge is -2.30. The van der Waals surface area contributed by atoms with Crippen LogP contribution < -0.4 is 14.2 Å². The first kappa shape index (κ1) is 21.1. The van der Waals surface area contributed by atoms with Gasteiger partial charge in [0.1, 0.15) is 11.3 Å². The Bertz CT molecular complexity index is 1010. The van der Waals surface area contributed by atoms with Crippen LogP contribution in [0.25, 0.3) is 0 Å². The SMILES string of the molecule is COc1ccc(C(O)(Cc2nccnc2OC)c2ccccc2)cc1OC1CCCC1. The zero-order valence-electron chi connectivity index (χ0n) is 18.0. The van der Waals surface area contributed by atoms with Crippen LogP contribution in [0.3, 0.4) is 0 Å². The van der Waals surface area contributed by atoms with Crippen LogP contribution in [-0.4, -0.2) is 35.4 Å². The van der Waals surface area contributed by atoms with E-state index in [1.807, 2.05) is 48.5 Å². The number of aliphatic hydroxyl groups is 1. The molecule has 1 saturated carbocycles. The van der Waals surface area contributed by atoms with Crippen molar-refractivity contribution >= 4 is 0 Å². The minimum absolute atomic E-state index is 0.175. The summed E-state index contributed by atoms with van der Waals surface area (Å²) in [5, 5.41) is 12.1. The van der Waals surface area contributed by atoms with Crippen LogP contribution in [0.15, 0.2) is 60.9 Å². The third-order valence-corrected chi connectivity index (χ3v) is 5.84. The second kappa shape index (κ2) is 9.35. The van der Waals surface area contributed by atoms with Crippen molar-refractivity contribution in [2.24, 2.45) is 0 Å². The van der Waals surface area contributed by atoms with Gasteiger partial charge in [0.2, 0.25) is 5.88 Å². The van der Waals surface area contributed by atoms with E-state index in [1.54, 1.807) is 26.6 Å². The molecule has 1 aliphatic rings. The average Bonchev–Trinajstić information content (AvgIpc) is 3.33. The molecule has 1 aliphatic carbocycles. The second-order valence-corrected chi connectivity index (χ2v) is 7.81. The maximum absolute atomic E-state index is 12.1. The Kier molecular flexibility index (Phi) is 6.37. The van der Waals surface area contributed by atoms with Gasteiger partial charge in [-0.3, -0.25) is 4.98 Å². The Balaban J connectivity index is 1.78. The summed E-state index contributed by atoms with van der Waals surface area (Å²) < 4.78 is 17.2. The summed E-state index contributed by atoms with van der Waals surface area (Å²) in [5.74, 6) is 1.70. The van der Waals surface area contributed by atoms with Gasteiger partial charge in [-0.1, -0.05) is 36.4 Å². The summed E-state index contributed by atoms with van der Waals surface area (Å²) in [7, 11) is 3.18. The molecule has 1 unspecified atom stereocenters. The fourth-order valence-electron chi connectivity index (χ4n) is 4.18. The maximum atomic E-state index is 12.1. The molecule has 0 aliphatic heterocycles. The molecule has 3 aromatic rings. The molecule has 0 radical (unpaired) electrons. The molecule has 1 N–H and O–H groups in total. The summed E-state index contributed by atoms with van der Waals surface area (Å²) in [5.41, 5.74) is 0.662. The van der Waals surface area contributed by atoms with Gasteiger partial charge in [0.05, 0.1) is 20.3 Å². The highest BCUT2D eigenvalue weighted by Gasteiger charge is 2.35. The highest BCUT2D eigenvalue weighted by atomic mass is 16.5. The third kappa shape index (κ3) is 4.49. The Morgan fingerprint density at radius 3 is 2.35 bits per heavy atom. The number of hydrogen-bond acceptors (Lipinski definition) is 6. The molecule has 4 rings (SSSR count). The van der Waals surface area contributed by atoms with Crippen molar-refractivity contribution in [3.63, 3.8) is 0 Å². The first-order chi connectivity index (χ1) is 15.1. The third-order valence-electron chi connectivity index (χ3n) is 5.84. The molecule has 1 fully saturated rings. The zero-order valence-corrected chi connectivity index (χ0v) is 18.0. The van der Waals surface area contributed by atoms with Crippen molar-refractivity contribution in [2.75, 3.05) is 14.2 Å². The van der Waals surface area contributed by atoms with Gasteiger partial charge in [0, 0.05) is 18.8 Å². The van der Waals surface area contributed by atoms with Gasteiger partial charge >= 0.3 is 0 Å². The molecule has 0 amide bonds. The van der Waals surface area contributed by atoms with Crippen molar-refractivity contribution in [2.45, 2.75) is 43.8 Å². The van der Waals surface area contributed by atoms with E-state index in [1.165, 1.54) is 12.8 Å². The largest absolute Gasteiger partial charge is 0.493 e. The van der Waals surface area contributed by atoms with E-state index < -0.39 is 5.60 Å². The van der Waals surface area contributed by atoms with Gasteiger partial charge in [-0.25, -0.2) is 4.98 Å². The van der Waals surface area contributed by atoms with E-state index in [0.29, 0.717) is 28.6 Å². The molecule has 1 atom stereocenters. The molecule has 0 bridgehead atoms. The lowest BCUT2D eigenvalue weighted by Crippen LogP contribution is -2.31. The monoisotopic (exact) mass is 420 g/mol. The zero-order chi connectivity index (χ0) is 21.7. The molecule has 0 spiro atoms. The van der Waals surface area contributed by atoms with E-state index >= 15 is 0 Å². The molecule has 6 nitrogen and oxygen atoms in total. The van der Waals surface area contributed by atoms with Crippen molar-refractivity contribution < 1.29 is 19.3 Å². The standard InChI is InChI=1S/C25H28N2O4/c1-29-22-13-12-19(16-23(22)31-20-10-6-7-11-20)25(28,18-8-4-3-5-9-18)17-21-24(30-2)27-15-14-26-21/h3-5,8-9,12-16,20,28H,6-7,10-11,17H2,1-2H3.